The predicted octanol–water partition coefficient (Wildman–Crippen LogP) is 1.14. The Kier molecular flexibility index (Phi) is 5.49. The van der Waals surface area contributed by atoms with E-state index >= 15 is 0 Å². The number of nitrogens with one attached hydrogen (secondary N) is 1. The van der Waals surface area contributed by atoms with Gasteiger partial charge in [0.05, 0.1) is 17.6 Å². The minimum absolute atomic E-state index is 0.0889. The molecule has 0 saturated heterocycles. The molecule has 2 N–H and O–H groups in total. The van der Waals surface area contributed by atoms with Gasteiger partial charge >= 0.3 is 0 Å². The van der Waals surface area contributed by atoms with E-state index in [2.05, 4.69) is 5.32 Å². The first kappa shape index (κ1) is 16.1. The van der Waals surface area contributed by atoms with Gasteiger partial charge in [-0.3, -0.25) is 4.18 Å². The number of rotatable bonds is 6. The van der Waals surface area contributed by atoms with Crippen LogP contribution in [0.1, 0.15) is 20.8 Å². The van der Waals surface area contributed by atoms with Gasteiger partial charge in [0.2, 0.25) is 0 Å². The van der Waals surface area contributed by atoms with Crippen molar-refractivity contribution in [1.82, 2.24) is 5.32 Å². The minimum Gasteiger partial charge on any atom is -0.389 e. The molecule has 0 aromatic heterocycles. The Balaban J connectivity index is 2.48. The average Bonchev–Trinajstić information content (AvgIpc) is 2.34. The van der Waals surface area contributed by atoms with Crippen molar-refractivity contribution in [1.29, 1.82) is 0 Å². The van der Waals surface area contributed by atoms with Crippen LogP contribution in [0.2, 0.25) is 0 Å². The Hall–Kier alpha value is -0.950. The first-order valence-electron chi connectivity index (χ1n) is 6.08. The lowest BCUT2D eigenvalue weighted by molar-refractivity contribution is 0.103. The highest BCUT2D eigenvalue weighted by atomic mass is 32.2. The van der Waals surface area contributed by atoms with Crippen LogP contribution in [-0.2, 0) is 14.3 Å². The summed E-state index contributed by atoms with van der Waals surface area (Å²) in [6, 6.07) is 7.87. The minimum atomic E-state index is -3.80. The maximum absolute atomic E-state index is 11.8. The fraction of sp³-hybridized carbons (Fsp3) is 0.538. The lowest BCUT2D eigenvalue weighted by atomic mass is 10.1. The van der Waals surface area contributed by atoms with Crippen LogP contribution in [0.4, 0.5) is 0 Å². The van der Waals surface area contributed by atoms with Crippen LogP contribution in [0.15, 0.2) is 35.2 Å². The average molecular weight is 287 g/mol. The van der Waals surface area contributed by atoms with Crippen LogP contribution in [-0.4, -0.2) is 38.3 Å². The molecule has 5 nitrogen and oxygen atoms in total. The number of benzene rings is 1. The van der Waals surface area contributed by atoms with Gasteiger partial charge in [0.15, 0.2) is 0 Å². The van der Waals surface area contributed by atoms with Crippen LogP contribution < -0.4 is 5.32 Å². The summed E-state index contributed by atoms with van der Waals surface area (Å²) >= 11 is 0. The smallest absolute Gasteiger partial charge is 0.297 e. The fourth-order valence-corrected chi connectivity index (χ4v) is 2.27. The Labute approximate surface area is 114 Å². The van der Waals surface area contributed by atoms with Gasteiger partial charge < -0.3 is 10.4 Å². The van der Waals surface area contributed by atoms with Gasteiger partial charge in [0.25, 0.3) is 10.1 Å². The van der Waals surface area contributed by atoms with E-state index in [1.54, 1.807) is 18.2 Å². The van der Waals surface area contributed by atoms with Crippen LogP contribution >= 0.6 is 0 Å². The first-order chi connectivity index (χ1) is 8.71. The summed E-state index contributed by atoms with van der Waals surface area (Å²) in [4.78, 5) is 0.0889. The topological polar surface area (TPSA) is 75.6 Å². The normalized spacial score (nSPS) is 14.3. The molecular formula is C13H21NO4S. The largest absolute Gasteiger partial charge is 0.389 e. The second kappa shape index (κ2) is 6.47. The van der Waals surface area contributed by atoms with Gasteiger partial charge in [-0.1, -0.05) is 18.2 Å². The summed E-state index contributed by atoms with van der Waals surface area (Å²) < 4.78 is 28.4. The summed E-state index contributed by atoms with van der Waals surface area (Å²) in [5.41, 5.74) is -0.140. The molecule has 0 aliphatic heterocycles. The van der Waals surface area contributed by atoms with Crippen LogP contribution in [0.25, 0.3) is 0 Å². The molecule has 0 unspecified atom stereocenters. The van der Waals surface area contributed by atoms with Crippen LogP contribution in [0.5, 0.6) is 0 Å². The molecule has 108 valence electrons. The van der Waals surface area contributed by atoms with Gasteiger partial charge in [-0.25, -0.2) is 0 Å². The molecule has 1 aromatic carbocycles. The van der Waals surface area contributed by atoms with E-state index in [4.69, 9.17) is 4.18 Å². The summed E-state index contributed by atoms with van der Waals surface area (Å²) in [6.07, 6.45) is -0.877. The summed E-state index contributed by atoms with van der Waals surface area (Å²) in [5, 5.41) is 12.7. The monoisotopic (exact) mass is 287 g/mol. The Morgan fingerprint density at radius 1 is 1.26 bits per heavy atom. The van der Waals surface area contributed by atoms with E-state index in [1.807, 2.05) is 20.8 Å². The highest BCUT2D eigenvalue weighted by Crippen LogP contribution is 2.11. The maximum atomic E-state index is 11.8. The second-order valence-corrected chi connectivity index (χ2v) is 6.95. The lowest BCUT2D eigenvalue weighted by Gasteiger charge is -2.22. The van der Waals surface area contributed by atoms with Crippen molar-refractivity contribution in [2.45, 2.75) is 37.3 Å². The lowest BCUT2D eigenvalue weighted by Crippen LogP contribution is -2.42. The molecule has 0 spiro atoms. The highest BCUT2D eigenvalue weighted by Gasteiger charge is 2.18. The molecule has 1 atom stereocenters. The molecule has 0 bridgehead atoms. The molecule has 1 rings (SSSR count). The molecule has 6 heteroatoms. The fourth-order valence-electron chi connectivity index (χ4n) is 1.31. The molecule has 19 heavy (non-hydrogen) atoms. The third-order valence-electron chi connectivity index (χ3n) is 2.32. The van der Waals surface area contributed by atoms with Crippen molar-refractivity contribution >= 4 is 10.1 Å². The van der Waals surface area contributed by atoms with Gasteiger partial charge in [-0.05, 0) is 32.9 Å². The van der Waals surface area contributed by atoms with E-state index in [9.17, 15) is 13.5 Å². The molecular weight excluding hydrogens is 266 g/mol. The summed E-state index contributed by atoms with van der Waals surface area (Å²) in [5.74, 6) is 0. The second-order valence-electron chi connectivity index (χ2n) is 5.34. The summed E-state index contributed by atoms with van der Waals surface area (Å²) in [7, 11) is -3.80. The molecule has 0 amide bonds. The van der Waals surface area contributed by atoms with E-state index in [-0.39, 0.29) is 23.6 Å². The zero-order chi connectivity index (χ0) is 14.5. The first-order valence-corrected chi connectivity index (χ1v) is 7.49. The number of β-amino-alcohol motifs (C(OH)–C–C–N with tert-alkyl or cyclic N) is 1. The zero-order valence-electron chi connectivity index (χ0n) is 11.5. The van der Waals surface area contributed by atoms with Gasteiger partial charge in [-0.15, -0.1) is 0 Å². The third kappa shape index (κ3) is 6.15. The number of aliphatic hydroxyl groups is 1. The van der Waals surface area contributed by atoms with E-state index in [0.29, 0.717) is 0 Å². The highest BCUT2D eigenvalue weighted by molar-refractivity contribution is 7.86. The molecule has 0 heterocycles. The Morgan fingerprint density at radius 2 is 1.84 bits per heavy atom. The van der Waals surface area contributed by atoms with Crippen molar-refractivity contribution in [3.8, 4) is 0 Å². The Morgan fingerprint density at radius 3 is 2.37 bits per heavy atom. The van der Waals surface area contributed by atoms with Crippen molar-refractivity contribution in [3.05, 3.63) is 30.3 Å². The number of aliphatic hydroxyl groups excluding tert-OH is 1. The van der Waals surface area contributed by atoms with Gasteiger partial charge in [-0.2, -0.15) is 8.42 Å². The van der Waals surface area contributed by atoms with Crippen LogP contribution in [0, 0.1) is 0 Å². The molecule has 1 aromatic rings. The molecule has 0 saturated carbocycles. The summed E-state index contributed by atoms with van der Waals surface area (Å²) in [6.45, 7) is 5.89. The van der Waals surface area contributed by atoms with Crippen molar-refractivity contribution in [3.63, 3.8) is 0 Å². The van der Waals surface area contributed by atoms with Gasteiger partial charge in [0, 0.05) is 12.1 Å². The van der Waals surface area contributed by atoms with Crippen LogP contribution in [0.3, 0.4) is 0 Å². The molecule has 0 radical (unpaired) electrons. The molecule has 0 fully saturated rings. The maximum Gasteiger partial charge on any atom is 0.297 e. The zero-order valence-corrected chi connectivity index (χ0v) is 12.3. The van der Waals surface area contributed by atoms with Gasteiger partial charge in [0.1, 0.15) is 0 Å². The quantitative estimate of drug-likeness (QED) is 0.767. The van der Waals surface area contributed by atoms with E-state index in [0.717, 1.165) is 0 Å². The molecule has 0 aliphatic rings. The number of hydrogen-bond acceptors (Lipinski definition) is 5. The SMILES string of the molecule is CC(C)(C)NC[C@H](O)COS(=O)(=O)c1ccccc1. The van der Waals surface area contributed by atoms with Crippen molar-refractivity contribution < 1.29 is 17.7 Å². The van der Waals surface area contributed by atoms with E-state index < -0.39 is 16.2 Å². The van der Waals surface area contributed by atoms with E-state index in [1.165, 1.54) is 12.1 Å². The van der Waals surface area contributed by atoms with Crippen molar-refractivity contribution in [2.24, 2.45) is 0 Å². The number of hydrogen-bond donors (Lipinski definition) is 2. The standard InChI is InChI=1S/C13H21NO4S/c1-13(2,3)14-9-11(15)10-18-19(16,17)12-7-5-4-6-8-12/h4-8,11,14-15H,9-10H2,1-3H3/t11-/m0/s1. The Bertz CT molecular complexity index is 479. The third-order valence-corrected chi connectivity index (χ3v) is 3.61. The predicted molar refractivity (Wildman–Crippen MR) is 73.3 cm³/mol. The van der Waals surface area contributed by atoms with Crippen molar-refractivity contribution in [2.75, 3.05) is 13.2 Å². The molecule has 0 aliphatic carbocycles.